The molecule has 0 fully saturated rings. The number of carboxylic acid groups (broad SMARTS) is 1. The molecule has 3 aromatic rings. The summed E-state index contributed by atoms with van der Waals surface area (Å²) in [5.74, 6) is -0.949. The van der Waals surface area contributed by atoms with Gasteiger partial charge in [-0.1, -0.05) is 0 Å². The number of aryl methyl sites for hydroxylation is 2. The van der Waals surface area contributed by atoms with Gasteiger partial charge in [0.05, 0.1) is 16.6 Å². The third-order valence-electron chi connectivity index (χ3n) is 3.62. The van der Waals surface area contributed by atoms with Crippen molar-refractivity contribution < 1.29 is 9.90 Å². The van der Waals surface area contributed by atoms with E-state index >= 15 is 0 Å². The van der Waals surface area contributed by atoms with E-state index < -0.39 is 5.97 Å². The fourth-order valence-electron chi connectivity index (χ4n) is 2.30. The SMILES string of the molecule is Cc1cc2ncn(-c3ccc(C(=O)O)c(Br)c3)c2cc1C. The van der Waals surface area contributed by atoms with Crippen LogP contribution in [0.5, 0.6) is 0 Å². The van der Waals surface area contributed by atoms with Crippen LogP contribution in [-0.2, 0) is 0 Å². The Kier molecular flexibility index (Phi) is 3.29. The van der Waals surface area contributed by atoms with Crippen LogP contribution in [0.1, 0.15) is 21.5 Å². The Balaban J connectivity index is 2.19. The Bertz CT molecular complexity index is 868. The lowest BCUT2D eigenvalue weighted by atomic mass is 10.1. The van der Waals surface area contributed by atoms with E-state index in [9.17, 15) is 4.79 Å². The highest BCUT2D eigenvalue weighted by Gasteiger charge is 2.11. The van der Waals surface area contributed by atoms with Crippen LogP contribution in [0, 0.1) is 13.8 Å². The first-order valence-corrected chi connectivity index (χ1v) is 7.24. The number of benzene rings is 2. The molecule has 21 heavy (non-hydrogen) atoms. The van der Waals surface area contributed by atoms with E-state index in [1.54, 1.807) is 24.5 Å². The zero-order chi connectivity index (χ0) is 15.1. The molecule has 0 bridgehead atoms. The summed E-state index contributed by atoms with van der Waals surface area (Å²) in [5, 5.41) is 9.08. The van der Waals surface area contributed by atoms with Crippen molar-refractivity contribution in [3.63, 3.8) is 0 Å². The van der Waals surface area contributed by atoms with Crippen molar-refractivity contribution in [2.75, 3.05) is 0 Å². The maximum atomic E-state index is 11.1. The number of rotatable bonds is 2. The molecule has 0 amide bonds. The van der Waals surface area contributed by atoms with Gasteiger partial charge in [0.1, 0.15) is 6.33 Å². The molecule has 5 heteroatoms. The van der Waals surface area contributed by atoms with Gasteiger partial charge in [0.2, 0.25) is 0 Å². The van der Waals surface area contributed by atoms with Gasteiger partial charge in [-0.15, -0.1) is 0 Å². The molecule has 0 saturated carbocycles. The average Bonchev–Trinajstić information content (AvgIpc) is 2.81. The molecule has 0 saturated heterocycles. The Hall–Kier alpha value is -2.14. The van der Waals surface area contributed by atoms with Gasteiger partial charge in [-0.2, -0.15) is 0 Å². The zero-order valence-electron chi connectivity index (χ0n) is 11.6. The van der Waals surface area contributed by atoms with Crippen LogP contribution in [0.3, 0.4) is 0 Å². The summed E-state index contributed by atoms with van der Waals surface area (Å²) in [5.41, 5.74) is 5.46. The van der Waals surface area contributed by atoms with Crippen molar-refractivity contribution in [2.45, 2.75) is 13.8 Å². The second-order valence-corrected chi connectivity index (χ2v) is 5.86. The number of halogens is 1. The van der Waals surface area contributed by atoms with E-state index in [0.717, 1.165) is 16.7 Å². The number of carbonyl (C=O) groups is 1. The van der Waals surface area contributed by atoms with E-state index in [4.69, 9.17) is 5.11 Å². The summed E-state index contributed by atoms with van der Waals surface area (Å²) >= 11 is 3.31. The Morgan fingerprint density at radius 2 is 1.90 bits per heavy atom. The van der Waals surface area contributed by atoms with Crippen molar-refractivity contribution in [3.8, 4) is 5.69 Å². The predicted octanol–water partition coefficient (Wildman–Crippen LogP) is 4.10. The first-order valence-electron chi connectivity index (χ1n) is 6.45. The van der Waals surface area contributed by atoms with Crippen LogP contribution < -0.4 is 0 Å². The fraction of sp³-hybridized carbons (Fsp3) is 0.125. The minimum Gasteiger partial charge on any atom is -0.478 e. The minimum absolute atomic E-state index is 0.246. The molecular formula is C16H13BrN2O2. The Morgan fingerprint density at radius 3 is 2.57 bits per heavy atom. The number of carboxylic acids is 1. The molecule has 0 aliphatic rings. The molecule has 1 N–H and O–H groups in total. The number of hydrogen-bond donors (Lipinski definition) is 1. The van der Waals surface area contributed by atoms with E-state index in [2.05, 4.69) is 46.9 Å². The average molecular weight is 345 g/mol. The highest BCUT2D eigenvalue weighted by Crippen LogP contribution is 2.25. The lowest BCUT2D eigenvalue weighted by molar-refractivity contribution is 0.0696. The fourth-order valence-corrected chi connectivity index (χ4v) is 2.83. The maximum Gasteiger partial charge on any atom is 0.336 e. The summed E-state index contributed by atoms with van der Waals surface area (Å²) < 4.78 is 2.51. The standard InChI is InChI=1S/C16H13BrN2O2/c1-9-5-14-15(6-10(9)2)19(8-18-14)11-3-4-12(16(20)21)13(17)7-11/h3-8H,1-2H3,(H,20,21). The molecule has 0 aliphatic heterocycles. The van der Waals surface area contributed by atoms with Crippen molar-refractivity contribution in [1.29, 1.82) is 0 Å². The first-order chi connectivity index (χ1) is 9.97. The lowest BCUT2D eigenvalue weighted by Crippen LogP contribution is -2.00. The highest BCUT2D eigenvalue weighted by molar-refractivity contribution is 9.10. The van der Waals surface area contributed by atoms with Crippen molar-refractivity contribution in [2.24, 2.45) is 0 Å². The van der Waals surface area contributed by atoms with Gasteiger partial charge in [-0.3, -0.25) is 4.57 Å². The molecule has 0 spiro atoms. The highest BCUT2D eigenvalue weighted by atomic mass is 79.9. The molecule has 0 unspecified atom stereocenters. The summed E-state index contributed by atoms with van der Waals surface area (Å²) in [6, 6.07) is 9.32. The van der Waals surface area contributed by atoms with Gasteiger partial charge in [0.15, 0.2) is 0 Å². The second-order valence-electron chi connectivity index (χ2n) is 5.01. The van der Waals surface area contributed by atoms with E-state index in [0.29, 0.717) is 4.47 Å². The van der Waals surface area contributed by atoms with E-state index in [1.807, 2.05) is 4.57 Å². The van der Waals surface area contributed by atoms with E-state index in [1.165, 1.54) is 11.1 Å². The van der Waals surface area contributed by atoms with Crippen LogP contribution in [0.15, 0.2) is 41.1 Å². The van der Waals surface area contributed by atoms with Crippen LogP contribution in [0.25, 0.3) is 16.7 Å². The molecule has 0 atom stereocenters. The molecule has 3 rings (SSSR count). The zero-order valence-corrected chi connectivity index (χ0v) is 13.2. The minimum atomic E-state index is -0.949. The third kappa shape index (κ3) is 2.34. The Labute approximate surface area is 130 Å². The molecule has 0 aliphatic carbocycles. The summed E-state index contributed by atoms with van der Waals surface area (Å²) in [7, 11) is 0. The topological polar surface area (TPSA) is 55.1 Å². The summed E-state index contributed by atoms with van der Waals surface area (Å²) in [4.78, 5) is 15.5. The van der Waals surface area contributed by atoms with Gasteiger partial charge >= 0.3 is 5.97 Å². The third-order valence-corrected chi connectivity index (χ3v) is 4.28. The predicted molar refractivity (Wildman–Crippen MR) is 85.2 cm³/mol. The van der Waals surface area contributed by atoms with Crippen LogP contribution in [0.4, 0.5) is 0 Å². The van der Waals surface area contributed by atoms with Gasteiger partial charge < -0.3 is 5.11 Å². The lowest BCUT2D eigenvalue weighted by Gasteiger charge is -2.08. The molecule has 106 valence electrons. The molecule has 1 aromatic heterocycles. The number of nitrogens with zero attached hydrogens (tertiary/aromatic N) is 2. The van der Waals surface area contributed by atoms with Crippen LogP contribution >= 0.6 is 15.9 Å². The van der Waals surface area contributed by atoms with Crippen LogP contribution in [-0.4, -0.2) is 20.6 Å². The number of hydrogen-bond acceptors (Lipinski definition) is 2. The molecular weight excluding hydrogens is 332 g/mol. The molecule has 1 heterocycles. The first kappa shape index (κ1) is 13.8. The maximum absolute atomic E-state index is 11.1. The van der Waals surface area contributed by atoms with Gasteiger partial charge in [-0.25, -0.2) is 9.78 Å². The second kappa shape index (κ2) is 5.00. The van der Waals surface area contributed by atoms with Crippen molar-refractivity contribution >= 4 is 32.9 Å². The molecule has 4 nitrogen and oxygen atoms in total. The van der Waals surface area contributed by atoms with Crippen molar-refractivity contribution in [1.82, 2.24) is 9.55 Å². The number of imidazole rings is 1. The van der Waals surface area contributed by atoms with E-state index in [-0.39, 0.29) is 5.56 Å². The van der Waals surface area contributed by atoms with Crippen molar-refractivity contribution in [3.05, 3.63) is 57.8 Å². The molecule has 2 aromatic carbocycles. The van der Waals surface area contributed by atoms with Crippen LogP contribution in [0.2, 0.25) is 0 Å². The molecule has 0 radical (unpaired) electrons. The summed E-state index contributed by atoms with van der Waals surface area (Å²) in [6.07, 6.45) is 1.76. The van der Waals surface area contributed by atoms with Gasteiger partial charge in [0.25, 0.3) is 0 Å². The summed E-state index contributed by atoms with van der Waals surface area (Å²) in [6.45, 7) is 4.13. The number of fused-ring (bicyclic) bond motifs is 1. The largest absolute Gasteiger partial charge is 0.478 e. The number of aromatic nitrogens is 2. The number of aromatic carboxylic acids is 1. The Morgan fingerprint density at radius 1 is 1.19 bits per heavy atom. The van der Waals surface area contributed by atoms with Gasteiger partial charge in [0, 0.05) is 10.2 Å². The monoisotopic (exact) mass is 344 g/mol. The smallest absolute Gasteiger partial charge is 0.336 e. The van der Waals surface area contributed by atoms with Gasteiger partial charge in [-0.05, 0) is 71.2 Å². The quantitative estimate of drug-likeness (QED) is 0.761. The normalized spacial score (nSPS) is 11.0.